The van der Waals surface area contributed by atoms with Crippen molar-refractivity contribution < 1.29 is 26.7 Å². The van der Waals surface area contributed by atoms with Crippen LogP contribution in [0.1, 0.15) is 0 Å². The van der Waals surface area contributed by atoms with Crippen LogP contribution in [0, 0.1) is 0 Å². The van der Waals surface area contributed by atoms with Gasteiger partial charge in [-0.3, -0.25) is 0 Å². The number of rotatable bonds is 5. The molecule has 20 heavy (non-hydrogen) atoms. The number of hydrogen-bond acceptors (Lipinski definition) is 3. The summed E-state index contributed by atoms with van der Waals surface area (Å²) in [4.78, 5) is -0.293. The first-order valence-corrected chi connectivity index (χ1v) is 8.23. The van der Waals surface area contributed by atoms with Gasteiger partial charge in [-0.1, -0.05) is 15.9 Å². The molecule has 0 radical (unpaired) electrons. The Bertz CT molecular complexity index is 578. The van der Waals surface area contributed by atoms with Gasteiger partial charge in [0.05, 0.1) is 11.5 Å². The molecule has 10 heteroatoms. The first kappa shape index (κ1) is 17.9. The largest absolute Gasteiger partial charge is 0.402 e. The molecule has 0 fully saturated rings. The van der Waals surface area contributed by atoms with E-state index in [2.05, 4.69) is 31.9 Å². The average molecular weight is 441 g/mol. The second kappa shape index (κ2) is 6.73. The van der Waals surface area contributed by atoms with Crippen LogP contribution in [0.4, 0.5) is 13.2 Å². The van der Waals surface area contributed by atoms with E-state index in [1.165, 1.54) is 18.2 Å². The molecular formula is C10H10Br2F3NO3S. The Morgan fingerprint density at radius 2 is 1.85 bits per heavy atom. The van der Waals surface area contributed by atoms with Gasteiger partial charge in [0.15, 0.2) is 0 Å². The van der Waals surface area contributed by atoms with E-state index in [-0.39, 0.29) is 13.7 Å². The summed E-state index contributed by atoms with van der Waals surface area (Å²) in [5.74, 6) is 0. The van der Waals surface area contributed by atoms with E-state index in [0.29, 0.717) is 4.47 Å². The van der Waals surface area contributed by atoms with Gasteiger partial charge < -0.3 is 5.11 Å². The van der Waals surface area contributed by atoms with Crippen molar-refractivity contribution in [3.63, 3.8) is 0 Å². The Kier molecular flexibility index (Phi) is 6.02. The highest BCUT2D eigenvalue weighted by molar-refractivity contribution is 9.11. The minimum absolute atomic E-state index is 0.136. The molecule has 4 nitrogen and oxygen atoms in total. The number of nitrogens with zero attached hydrogens (tertiary/aromatic N) is 1. The third kappa shape index (κ3) is 4.69. The van der Waals surface area contributed by atoms with E-state index < -0.39 is 35.9 Å². The van der Waals surface area contributed by atoms with Crippen molar-refractivity contribution in [1.82, 2.24) is 4.31 Å². The number of hydrogen-bond donors (Lipinski definition) is 1. The molecule has 0 spiro atoms. The molecule has 0 bridgehead atoms. The van der Waals surface area contributed by atoms with E-state index in [9.17, 15) is 21.6 Å². The summed E-state index contributed by atoms with van der Waals surface area (Å²) in [5, 5.41) is 8.76. The van der Waals surface area contributed by atoms with Crippen LogP contribution in [-0.2, 0) is 10.0 Å². The van der Waals surface area contributed by atoms with Gasteiger partial charge in [-0.15, -0.1) is 0 Å². The normalized spacial score (nSPS) is 12.9. The Hall–Kier alpha value is -0.160. The van der Waals surface area contributed by atoms with E-state index in [4.69, 9.17) is 5.11 Å². The van der Waals surface area contributed by atoms with Gasteiger partial charge in [-0.25, -0.2) is 8.42 Å². The lowest BCUT2D eigenvalue weighted by atomic mass is 10.4. The number of aliphatic hydroxyl groups is 1. The first-order valence-electron chi connectivity index (χ1n) is 5.21. The standard InChI is InChI=1S/C10H10Br2F3NO3S/c11-7-1-2-9(8(12)5-7)20(18,19)16(3-4-17)6-10(13,14)15/h1-2,5,17H,3-4,6H2. The fraction of sp³-hybridized carbons (Fsp3) is 0.400. The summed E-state index contributed by atoms with van der Waals surface area (Å²) >= 11 is 6.12. The number of sulfonamides is 1. The number of alkyl halides is 3. The molecule has 1 rings (SSSR count). The summed E-state index contributed by atoms with van der Waals surface area (Å²) < 4.78 is 62.6. The van der Waals surface area contributed by atoms with Crippen LogP contribution < -0.4 is 0 Å². The summed E-state index contributed by atoms with van der Waals surface area (Å²) in [6.45, 7) is -2.99. The van der Waals surface area contributed by atoms with Gasteiger partial charge in [0, 0.05) is 15.5 Å². The van der Waals surface area contributed by atoms with Crippen molar-refractivity contribution in [2.75, 3.05) is 19.7 Å². The van der Waals surface area contributed by atoms with Gasteiger partial charge in [0.25, 0.3) is 0 Å². The molecule has 1 aromatic rings. The highest BCUT2D eigenvalue weighted by atomic mass is 79.9. The smallest absolute Gasteiger partial charge is 0.395 e. The third-order valence-corrected chi connectivity index (χ3v) is 5.53. The van der Waals surface area contributed by atoms with Crippen LogP contribution in [0.5, 0.6) is 0 Å². The Balaban J connectivity index is 3.22. The molecule has 0 unspecified atom stereocenters. The molecule has 1 N–H and O–H groups in total. The van der Waals surface area contributed by atoms with Crippen molar-refractivity contribution in [3.8, 4) is 0 Å². The van der Waals surface area contributed by atoms with Crippen molar-refractivity contribution in [3.05, 3.63) is 27.1 Å². The maximum absolute atomic E-state index is 12.4. The lowest BCUT2D eigenvalue weighted by Crippen LogP contribution is -2.40. The Labute approximate surface area is 130 Å². The minimum atomic E-state index is -4.69. The predicted octanol–water partition coefficient (Wildman–Crippen LogP) is 2.76. The summed E-state index contributed by atoms with van der Waals surface area (Å²) in [5.41, 5.74) is 0. The van der Waals surface area contributed by atoms with Crippen LogP contribution in [-0.4, -0.2) is 43.7 Å². The zero-order valence-corrected chi connectivity index (χ0v) is 13.9. The third-order valence-electron chi connectivity index (χ3n) is 2.22. The van der Waals surface area contributed by atoms with E-state index >= 15 is 0 Å². The maximum atomic E-state index is 12.4. The molecule has 0 aliphatic carbocycles. The quantitative estimate of drug-likeness (QED) is 0.765. The second-order valence-electron chi connectivity index (χ2n) is 3.75. The predicted molar refractivity (Wildman–Crippen MR) is 73.7 cm³/mol. The molecule has 1 aromatic carbocycles. The van der Waals surface area contributed by atoms with Gasteiger partial charge in [0.2, 0.25) is 10.0 Å². The zero-order valence-electron chi connectivity index (χ0n) is 9.86. The highest BCUT2D eigenvalue weighted by Gasteiger charge is 2.37. The molecule has 0 amide bonds. The molecule has 114 valence electrons. The lowest BCUT2D eigenvalue weighted by molar-refractivity contribution is -0.136. The first-order chi connectivity index (χ1) is 9.08. The summed E-state index contributed by atoms with van der Waals surface area (Å²) in [7, 11) is -4.36. The summed E-state index contributed by atoms with van der Waals surface area (Å²) in [6, 6.07) is 4.00. The van der Waals surface area contributed by atoms with Crippen molar-refractivity contribution in [2.24, 2.45) is 0 Å². The van der Waals surface area contributed by atoms with Gasteiger partial charge in [-0.2, -0.15) is 17.5 Å². The van der Waals surface area contributed by atoms with Crippen LogP contribution in [0.15, 0.2) is 32.0 Å². The Morgan fingerprint density at radius 3 is 2.30 bits per heavy atom. The molecule has 0 aliphatic rings. The number of halogens is 5. The fourth-order valence-corrected chi connectivity index (χ4v) is 4.54. The van der Waals surface area contributed by atoms with Gasteiger partial charge in [-0.05, 0) is 34.1 Å². The molecule has 0 aromatic heterocycles. The molecular weight excluding hydrogens is 431 g/mol. The minimum Gasteiger partial charge on any atom is -0.395 e. The fourth-order valence-electron chi connectivity index (χ4n) is 1.42. The monoisotopic (exact) mass is 439 g/mol. The van der Waals surface area contributed by atoms with E-state index in [0.717, 1.165) is 0 Å². The molecule has 0 aliphatic heterocycles. The van der Waals surface area contributed by atoms with Crippen LogP contribution in [0.2, 0.25) is 0 Å². The van der Waals surface area contributed by atoms with Crippen molar-refractivity contribution >= 4 is 41.9 Å². The highest BCUT2D eigenvalue weighted by Crippen LogP contribution is 2.29. The second-order valence-corrected chi connectivity index (χ2v) is 7.43. The lowest BCUT2D eigenvalue weighted by Gasteiger charge is -2.23. The van der Waals surface area contributed by atoms with Crippen molar-refractivity contribution in [2.45, 2.75) is 11.1 Å². The van der Waals surface area contributed by atoms with Crippen molar-refractivity contribution in [1.29, 1.82) is 0 Å². The average Bonchev–Trinajstić information content (AvgIpc) is 2.26. The topological polar surface area (TPSA) is 57.6 Å². The zero-order chi connectivity index (χ0) is 15.6. The van der Waals surface area contributed by atoms with E-state index in [1.54, 1.807) is 0 Å². The number of benzene rings is 1. The Morgan fingerprint density at radius 1 is 1.25 bits per heavy atom. The molecule has 0 saturated carbocycles. The van der Waals surface area contributed by atoms with Crippen LogP contribution in [0.3, 0.4) is 0 Å². The maximum Gasteiger partial charge on any atom is 0.402 e. The molecule has 0 saturated heterocycles. The molecule has 0 heterocycles. The summed E-state index contributed by atoms with van der Waals surface area (Å²) in [6.07, 6.45) is -4.69. The van der Waals surface area contributed by atoms with Crippen LogP contribution >= 0.6 is 31.9 Å². The van der Waals surface area contributed by atoms with Gasteiger partial charge >= 0.3 is 6.18 Å². The number of aliphatic hydroxyl groups excluding tert-OH is 1. The van der Waals surface area contributed by atoms with Crippen LogP contribution in [0.25, 0.3) is 0 Å². The van der Waals surface area contributed by atoms with E-state index in [1.807, 2.05) is 0 Å². The molecule has 0 atom stereocenters. The SMILES string of the molecule is O=S(=O)(c1ccc(Br)cc1Br)N(CCO)CC(F)(F)F. The van der Waals surface area contributed by atoms with Gasteiger partial charge in [0.1, 0.15) is 6.54 Å².